The van der Waals surface area contributed by atoms with E-state index < -0.39 is 0 Å². The van der Waals surface area contributed by atoms with Gasteiger partial charge in [-0.1, -0.05) is 140 Å². The summed E-state index contributed by atoms with van der Waals surface area (Å²) in [6.45, 7) is 0. The zero-order valence-electron chi connectivity index (χ0n) is 33.7. The second kappa shape index (κ2) is 14.0. The van der Waals surface area contributed by atoms with Gasteiger partial charge in [0.1, 0.15) is 33.5 Å². The molecule has 4 aromatic heterocycles. The standard InChI is InChI=1S/C58H34N2O3/c1-2-11-37(12-3-1)58-59-50(36-23-21-35(22-24-36)43-16-10-17-47-44-13-4-9-20-54(44)63-57(43)47)34-51(60-58)42-30-40(38-25-27-55-48(32-38)45-14-5-7-18-52(45)61-55)29-41(31-42)39-26-28-56-49(33-39)46-15-6-8-19-53(46)62-56/h1-34H. The van der Waals surface area contributed by atoms with E-state index in [9.17, 15) is 0 Å². The van der Waals surface area contributed by atoms with Crippen LogP contribution >= 0.6 is 0 Å². The molecule has 4 heterocycles. The van der Waals surface area contributed by atoms with Gasteiger partial charge in [0, 0.05) is 54.6 Å². The van der Waals surface area contributed by atoms with Crippen LogP contribution in [0.25, 0.3) is 133 Å². The summed E-state index contributed by atoms with van der Waals surface area (Å²) in [7, 11) is 0. The van der Waals surface area contributed by atoms with Crippen molar-refractivity contribution in [2.24, 2.45) is 0 Å². The zero-order valence-corrected chi connectivity index (χ0v) is 33.7. The van der Waals surface area contributed by atoms with Crippen LogP contribution < -0.4 is 0 Å². The molecule has 0 fully saturated rings. The van der Waals surface area contributed by atoms with Crippen molar-refractivity contribution < 1.29 is 13.3 Å². The van der Waals surface area contributed by atoms with Gasteiger partial charge in [-0.15, -0.1) is 0 Å². The molecule has 13 aromatic rings. The quantitative estimate of drug-likeness (QED) is 0.167. The largest absolute Gasteiger partial charge is 0.456 e. The van der Waals surface area contributed by atoms with Crippen molar-refractivity contribution in [2.75, 3.05) is 0 Å². The van der Waals surface area contributed by atoms with Crippen molar-refractivity contribution >= 4 is 65.8 Å². The summed E-state index contributed by atoms with van der Waals surface area (Å²) in [4.78, 5) is 10.5. The molecule has 0 unspecified atom stereocenters. The van der Waals surface area contributed by atoms with Crippen molar-refractivity contribution in [3.8, 4) is 67.3 Å². The smallest absolute Gasteiger partial charge is 0.160 e. The molecule has 5 heteroatoms. The molecule has 0 N–H and O–H groups in total. The van der Waals surface area contributed by atoms with Crippen molar-refractivity contribution in [3.05, 3.63) is 206 Å². The Bertz CT molecular complexity index is 3780. The van der Waals surface area contributed by atoms with Gasteiger partial charge in [-0.2, -0.15) is 0 Å². The predicted molar refractivity (Wildman–Crippen MR) is 256 cm³/mol. The van der Waals surface area contributed by atoms with E-state index in [2.05, 4.69) is 152 Å². The Morgan fingerprint density at radius 3 is 1.33 bits per heavy atom. The lowest BCUT2D eigenvalue weighted by atomic mass is 9.93. The first kappa shape index (κ1) is 35.2. The van der Waals surface area contributed by atoms with E-state index in [1.54, 1.807) is 0 Å². The van der Waals surface area contributed by atoms with E-state index in [4.69, 9.17) is 23.2 Å². The summed E-state index contributed by atoms with van der Waals surface area (Å²) in [5.41, 5.74) is 16.2. The monoisotopic (exact) mass is 806 g/mol. The average molecular weight is 807 g/mol. The maximum Gasteiger partial charge on any atom is 0.160 e. The van der Waals surface area contributed by atoms with Crippen LogP contribution in [0.2, 0.25) is 0 Å². The molecule has 63 heavy (non-hydrogen) atoms. The highest BCUT2D eigenvalue weighted by Crippen LogP contribution is 2.40. The van der Waals surface area contributed by atoms with Gasteiger partial charge in [-0.05, 0) is 94.5 Å². The maximum absolute atomic E-state index is 6.41. The summed E-state index contributed by atoms with van der Waals surface area (Å²) < 4.78 is 18.9. The molecule has 0 aliphatic heterocycles. The summed E-state index contributed by atoms with van der Waals surface area (Å²) in [6.07, 6.45) is 0. The minimum absolute atomic E-state index is 0.656. The molecule has 0 radical (unpaired) electrons. The molecule has 0 saturated heterocycles. The molecule has 9 aromatic carbocycles. The van der Waals surface area contributed by atoms with Crippen LogP contribution in [-0.2, 0) is 0 Å². The van der Waals surface area contributed by atoms with Crippen LogP contribution in [0.1, 0.15) is 0 Å². The highest BCUT2D eigenvalue weighted by atomic mass is 16.3. The van der Waals surface area contributed by atoms with Crippen LogP contribution in [-0.4, -0.2) is 9.97 Å². The molecule has 0 atom stereocenters. The first-order valence-electron chi connectivity index (χ1n) is 21.1. The van der Waals surface area contributed by atoms with Crippen molar-refractivity contribution in [1.29, 1.82) is 0 Å². The van der Waals surface area contributed by atoms with Crippen molar-refractivity contribution in [1.82, 2.24) is 9.97 Å². The van der Waals surface area contributed by atoms with Crippen LogP contribution in [0.3, 0.4) is 0 Å². The third-order valence-electron chi connectivity index (χ3n) is 12.3. The lowest BCUT2D eigenvalue weighted by Gasteiger charge is -2.14. The Morgan fingerprint density at radius 2 is 0.714 bits per heavy atom. The summed E-state index contributed by atoms with van der Waals surface area (Å²) in [6, 6.07) is 71.6. The van der Waals surface area contributed by atoms with Gasteiger partial charge in [0.2, 0.25) is 0 Å². The molecule has 0 bridgehead atoms. The summed E-state index contributed by atoms with van der Waals surface area (Å²) in [5, 5.41) is 6.57. The third-order valence-corrected chi connectivity index (χ3v) is 12.3. The lowest BCUT2D eigenvalue weighted by molar-refractivity contribution is 0.668. The van der Waals surface area contributed by atoms with Gasteiger partial charge in [-0.3, -0.25) is 0 Å². The summed E-state index contributed by atoms with van der Waals surface area (Å²) in [5.74, 6) is 0.656. The topological polar surface area (TPSA) is 65.2 Å². The second-order valence-corrected chi connectivity index (χ2v) is 16.1. The molecule has 0 aliphatic carbocycles. The average Bonchev–Trinajstić information content (AvgIpc) is 4.05. The number of nitrogens with zero attached hydrogens (tertiary/aromatic N) is 2. The van der Waals surface area contributed by atoms with Crippen LogP contribution in [0.5, 0.6) is 0 Å². The van der Waals surface area contributed by atoms with Crippen LogP contribution in [0.15, 0.2) is 220 Å². The minimum atomic E-state index is 0.656. The third kappa shape index (κ3) is 5.93. The molecule has 5 nitrogen and oxygen atoms in total. The highest BCUT2D eigenvalue weighted by Gasteiger charge is 2.17. The van der Waals surface area contributed by atoms with Gasteiger partial charge >= 0.3 is 0 Å². The molecule has 0 saturated carbocycles. The van der Waals surface area contributed by atoms with E-state index in [0.717, 1.165) is 127 Å². The zero-order chi connectivity index (χ0) is 41.4. The van der Waals surface area contributed by atoms with E-state index >= 15 is 0 Å². The first-order valence-corrected chi connectivity index (χ1v) is 21.1. The molecular weight excluding hydrogens is 773 g/mol. The number of furan rings is 3. The Balaban J connectivity index is 0.985. The number of rotatable bonds is 6. The number of aromatic nitrogens is 2. The van der Waals surface area contributed by atoms with Crippen LogP contribution in [0.4, 0.5) is 0 Å². The number of benzene rings is 9. The minimum Gasteiger partial charge on any atom is -0.456 e. The fourth-order valence-electron chi connectivity index (χ4n) is 9.17. The molecule has 0 amide bonds. The lowest BCUT2D eigenvalue weighted by Crippen LogP contribution is -1.96. The molecule has 13 rings (SSSR count). The van der Waals surface area contributed by atoms with Gasteiger partial charge in [0.25, 0.3) is 0 Å². The molecule has 0 spiro atoms. The Morgan fingerprint density at radius 1 is 0.254 bits per heavy atom. The fourth-order valence-corrected chi connectivity index (χ4v) is 9.17. The van der Waals surface area contributed by atoms with Crippen LogP contribution in [0, 0.1) is 0 Å². The van der Waals surface area contributed by atoms with E-state index in [0.29, 0.717) is 5.82 Å². The summed E-state index contributed by atoms with van der Waals surface area (Å²) >= 11 is 0. The predicted octanol–water partition coefficient (Wildman–Crippen LogP) is 16.2. The Kier molecular flexibility index (Phi) is 7.84. The van der Waals surface area contributed by atoms with Crippen molar-refractivity contribution in [2.45, 2.75) is 0 Å². The number of hydrogen-bond donors (Lipinski definition) is 0. The van der Waals surface area contributed by atoms with Gasteiger partial charge in [0.15, 0.2) is 5.82 Å². The molecule has 0 aliphatic rings. The number of fused-ring (bicyclic) bond motifs is 9. The molecular formula is C58H34N2O3. The Hall–Kier alpha value is -8.54. The van der Waals surface area contributed by atoms with Gasteiger partial charge < -0.3 is 13.3 Å². The van der Waals surface area contributed by atoms with E-state index in [1.165, 1.54) is 0 Å². The Labute approximate surface area is 361 Å². The SMILES string of the molecule is c1ccc(-c2nc(-c3ccc(-c4cccc5c4oc4ccccc45)cc3)cc(-c3cc(-c4ccc5oc6ccccc6c5c4)cc(-c4ccc5oc6ccccc6c5c4)c3)n2)cc1. The van der Waals surface area contributed by atoms with Crippen molar-refractivity contribution in [3.63, 3.8) is 0 Å². The van der Waals surface area contributed by atoms with E-state index in [-0.39, 0.29) is 0 Å². The number of para-hydroxylation sites is 4. The fraction of sp³-hybridized carbons (Fsp3) is 0. The highest BCUT2D eigenvalue weighted by molar-refractivity contribution is 6.10. The second-order valence-electron chi connectivity index (χ2n) is 16.1. The van der Waals surface area contributed by atoms with Gasteiger partial charge in [0.05, 0.1) is 11.4 Å². The number of hydrogen-bond acceptors (Lipinski definition) is 5. The molecule has 294 valence electrons. The normalized spacial score (nSPS) is 11.8. The first-order chi connectivity index (χ1) is 31.2. The van der Waals surface area contributed by atoms with Gasteiger partial charge in [-0.25, -0.2) is 9.97 Å². The van der Waals surface area contributed by atoms with E-state index in [1.807, 2.05) is 54.6 Å². The maximum atomic E-state index is 6.41.